The fourth-order valence-electron chi connectivity index (χ4n) is 1.62. The van der Waals surface area contributed by atoms with Gasteiger partial charge in [0.2, 0.25) is 0 Å². The molecule has 0 aliphatic heterocycles. The molecule has 2 rings (SSSR count). The highest BCUT2D eigenvalue weighted by Crippen LogP contribution is 2.06. The van der Waals surface area contributed by atoms with Crippen LogP contribution in [0.4, 0.5) is 0 Å². The van der Waals surface area contributed by atoms with E-state index in [9.17, 15) is 9.59 Å². The number of rotatable bonds is 3. The molecule has 0 unspecified atom stereocenters. The maximum absolute atomic E-state index is 11.7. The van der Waals surface area contributed by atoms with Crippen molar-refractivity contribution >= 4 is 5.91 Å². The van der Waals surface area contributed by atoms with Gasteiger partial charge in [0, 0.05) is 19.7 Å². The number of nitrogens with zero attached hydrogens (tertiary/aromatic N) is 4. The summed E-state index contributed by atoms with van der Waals surface area (Å²) in [5.41, 5.74) is 1.11. The molecule has 1 amide bonds. The van der Waals surface area contributed by atoms with Crippen molar-refractivity contribution in [3.63, 3.8) is 0 Å². The van der Waals surface area contributed by atoms with E-state index in [1.165, 1.54) is 22.0 Å². The summed E-state index contributed by atoms with van der Waals surface area (Å²) >= 11 is 0. The Morgan fingerprint density at radius 1 is 1.21 bits per heavy atom. The van der Waals surface area contributed by atoms with Crippen LogP contribution < -0.4 is 5.69 Å². The normalized spacial score (nSPS) is 10.2. The van der Waals surface area contributed by atoms with Crippen molar-refractivity contribution in [2.45, 2.75) is 6.54 Å². The third kappa shape index (κ3) is 3.04. The third-order valence-electron chi connectivity index (χ3n) is 2.62. The Kier molecular flexibility index (Phi) is 3.70. The van der Waals surface area contributed by atoms with Gasteiger partial charge in [-0.3, -0.25) is 4.79 Å². The molecule has 1 aromatic heterocycles. The van der Waals surface area contributed by atoms with Gasteiger partial charge in [-0.1, -0.05) is 12.1 Å². The molecule has 0 saturated carbocycles. The van der Waals surface area contributed by atoms with Crippen LogP contribution in [0.15, 0.2) is 41.5 Å². The zero-order valence-corrected chi connectivity index (χ0v) is 10.8. The Balaban J connectivity index is 2.18. The van der Waals surface area contributed by atoms with Crippen LogP contribution in [0.1, 0.15) is 15.9 Å². The summed E-state index contributed by atoms with van der Waals surface area (Å²) in [5.74, 6) is -0.0526. The quantitative estimate of drug-likeness (QED) is 0.798. The van der Waals surface area contributed by atoms with Crippen molar-refractivity contribution in [2.24, 2.45) is 0 Å². The number of amides is 1. The van der Waals surface area contributed by atoms with Crippen molar-refractivity contribution in [2.75, 3.05) is 14.1 Å². The number of hydrogen-bond acceptors (Lipinski definition) is 4. The van der Waals surface area contributed by atoms with E-state index in [1.54, 1.807) is 38.4 Å². The molecule has 1 heterocycles. The smallest absolute Gasteiger partial charge is 0.345 e. The lowest BCUT2D eigenvalue weighted by Gasteiger charge is -2.10. The monoisotopic (exact) mass is 258 g/mol. The molecule has 0 radical (unpaired) electrons. The van der Waals surface area contributed by atoms with Crippen molar-refractivity contribution in [1.29, 1.82) is 0 Å². The Morgan fingerprint density at radius 3 is 2.47 bits per heavy atom. The van der Waals surface area contributed by atoms with Gasteiger partial charge in [-0.25, -0.2) is 9.48 Å². The molecule has 0 saturated heterocycles. The van der Waals surface area contributed by atoms with Gasteiger partial charge in [0.05, 0.1) is 18.9 Å². The number of carbonyl (C=O) groups is 1. The minimum Gasteiger partial charge on any atom is -0.345 e. The Labute approximate surface area is 110 Å². The van der Waals surface area contributed by atoms with E-state index >= 15 is 0 Å². The molecule has 6 nitrogen and oxygen atoms in total. The predicted octanol–water partition coefficient (Wildman–Crippen LogP) is 0.388. The van der Waals surface area contributed by atoms with Gasteiger partial charge in [-0.2, -0.15) is 10.1 Å². The highest BCUT2D eigenvalue weighted by molar-refractivity contribution is 5.93. The van der Waals surface area contributed by atoms with E-state index in [1.807, 2.05) is 0 Å². The molecule has 0 N–H and O–H groups in total. The highest BCUT2D eigenvalue weighted by Gasteiger charge is 2.07. The molecule has 0 atom stereocenters. The molecule has 98 valence electrons. The SMILES string of the molecule is CN(C)C(=O)c1ccc(Cn2nccnc2=O)cc1. The van der Waals surface area contributed by atoms with Crippen LogP contribution in [0.5, 0.6) is 0 Å². The van der Waals surface area contributed by atoms with Crippen LogP contribution in [0, 0.1) is 0 Å². The van der Waals surface area contributed by atoms with Gasteiger partial charge in [-0.15, -0.1) is 0 Å². The standard InChI is InChI=1S/C13H14N4O2/c1-16(2)12(18)11-5-3-10(4-6-11)9-17-13(19)14-7-8-15-17/h3-8H,9H2,1-2H3. The van der Waals surface area contributed by atoms with Crippen LogP contribution in [-0.4, -0.2) is 39.7 Å². The number of aromatic nitrogens is 3. The molecule has 1 aromatic carbocycles. The van der Waals surface area contributed by atoms with E-state index in [0.29, 0.717) is 12.1 Å². The van der Waals surface area contributed by atoms with Crippen molar-refractivity contribution < 1.29 is 4.79 Å². The number of hydrogen-bond donors (Lipinski definition) is 0. The predicted molar refractivity (Wildman–Crippen MR) is 69.9 cm³/mol. The van der Waals surface area contributed by atoms with Gasteiger partial charge in [0.15, 0.2) is 0 Å². The number of carbonyl (C=O) groups excluding carboxylic acids is 1. The summed E-state index contributed by atoms with van der Waals surface area (Å²) in [4.78, 5) is 28.3. The van der Waals surface area contributed by atoms with E-state index in [2.05, 4.69) is 10.1 Å². The highest BCUT2D eigenvalue weighted by atomic mass is 16.2. The second-order valence-electron chi connectivity index (χ2n) is 4.28. The average molecular weight is 258 g/mol. The summed E-state index contributed by atoms with van der Waals surface area (Å²) in [6, 6.07) is 7.08. The summed E-state index contributed by atoms with van der Waals surface area (Å²) in [7, 11) is 3.41. The topological polar surface area (TPSA) is 68.1 Å². The lowest BCUT2D eigenvalue weighted by Crippen LogP contribution is -2.25. The molecule has 0 fully saturated rings. The van der Waals surface area contributed by atoms with Crippen molar-refractivity contribution in [1.82, 2.24) is 19.7 Å². The Hall–Kier alpha value is -2.50. The fourth-order valence-corrected chi connectivity index (χ4v) is 1.62. The first kappa shape index (κ1) is 12.9. The molecule has 2 aromatic rings. The summed E-state index contributed by atoms with van der Waals surface area (Å²) in [5, 5.41) is 3.93. The number of benzene rings is 1. The largest absolute Gasteiger partial charge is 0.364 e. The second-order valence-corrected chi connectivity index (χ2v) is 4.28. The second kappa shape index (κ2) is 5.43. The average Bonchev–Trinajstić information content (AvgIpc) is 2.41. The molecule has 19 heavy (non-hydrogen) atoms. The zero-order chi connectivity index (χ0) is 13.8. The first-order chi connectivity index (χ1) is 9.08. The van der Waals surface area contributed by atoms with E-state index in [4.69, 9.17) is 0 Å². The zero-order valence-electron chi connectivity index (χ0n) is 10.8. The lowest BCUT2D eigenvalue weighted by atomic mass is 10.1. The Morgan fingerprint density at radius 2 is 1.89 bits per heavy atom. The van der Waals surface area contributed by atoms with Gasteiger partial charge in [-0.05, 0) is 17.7 Å². The summed E-state index contributed by atoms with van der Waals surface area (Å²) in [6.45, 7) is 0.336. The molecular weight excluding hydrogens is 244 g/mol. The van der Waals surface area contributed by atoms with Gasteiger partial charge in [0.1, 0.15) is 0 Å². The fraction of sp³-hybridized carbons (Fsp3) is 0.231. The molecule has 0 aliphatic carbocycles. The van der Waals surface area contributed by atoms with Crippen LogP contribution >= 0.6 is 0 Å². The minimum atomic E-state index is -0.393. The minimum absolute atomic E-state index is 0.0526. The van der Waals surface area contributed by atoms with Crippen LogP contribution in [0.3, 0.4) is 0 Å². The molecule has 0 aliphatic rings. The lowest BCUT2D eigenvalue weighted by molar-refractivity contribution is 0.0827. The molecule has 6 heteroatoms. The maximum Gasteiger partial charge on any atom is 0.364 e. The van der Waals surface area contributed by atoms with Crippen LogP contribution in [0.25, 0.3) is 0 Å². The van der Waals surface area contributed by atoms with Crippen molar-refractivity contribution in [3.8, 4) is 0 Å². The van der Waals surface area contributed by atoms with E-state index < -0.39 is 5.69 Å². The Bertz CT molecular complexity index is 632. The van der Waals surface area contributed by atoms with E-state index in [0.717, 1.165) is 5.56 Å². The van der Waals surface area contributed by atoms with Crippen LogP contribution in [-0.2, 0) is 6.54 Å². The van der Waals surface area contributed by atoms with Crippen LogP contribution in [0.2, 0.25) is 0 Å². The first-order valence-electron chi connectivity index (χ1n) is 5.76. The van der Waals surface area contributed by atoms with Gasteiger partial charge in [0.25, 0.3) is 5.91 Å². The molecular formula is C13H14N4O2. The third-order valence-corrected chi connectivity index (χ3v) is 2.62. The van der Waals surface area contributed by atoms with Gasteiger partial charge >= 0.3 is 5.69 Å². The molecule has 0 spiro atoms. The maximum atomic E-state index is 11.7. The van der Waals surface area contributed by atoms with Crippen molar-refractivity contribution in [3.05, 3.63) is 58.3 Å². The summed E-state index contributed by atoms with van der Waals surface area (Å²) in [6.07, 6.45) is 2.82. The molecule has 0 bridgehead atoms. The van der Waals surface area contributed by atoms with Gasteiger partial charge < -0.3 is 4.90 Å². The van der Waals surface area contributed by atoms with E-state index in [-0.39, 0.29) is 5.91 Å². The summed E-state index contributed by atoms with van der Waals surface area (Å²) < 4.78 is 1.27. The first-order valence-corrected chi connectivity index (χ1v) is 5.76.